The van der Waals surface area contributed by atoms with Crippen LogP contribution in [0.1, 0.15) is 26.2 Å². The standard InChI is InChI=1S/C19H25ClN2O5/c1-12(23)5-8-22-9-6-13(7-10-22)19(18(24)25-2)11-26-15-4-3-14(20)16(21)17(15)27-19/h3-4,13H,5-11,21H2,1-2H3. The number of likely N-dealkylation sites (tertiary alicyclic amines) is 1. The van der Waals surface area contributed by atoms with E-state index in [1.165, 1.54) is 7.11 Å². The molecule has 0 aromatic heterocycles. The number of benzene rings is 1. The molecule has 2 aliphatic rings. The fourth-order valence-electron chi connectivity index (χ4n) is 3.75. The molecule has 0 spiro atoms. The van der Waals surface area contributed by atoms with E-state index in [1.807, 2.05) is 0 Å². The van der Waals surface area contributed by atoms with Crippen LogP contribution in [0.15, 0.2) is 12.1 Å². The van der Waals surface area contributed by atoms with E-state index in [9.17, 15) is 9.59 Å². The smallest absolute Gasteiger partial charge is 0.354 e. The lowest BCUT2D eigenvalue weighted by molar-refractivity contribution is -0.173. The number of piperidine rings is 1. The zero-order valence-electron chi connectivity index (χ0n) is 15.6. The Balaban J connectivity index is 1.80. The van der Waals surface area contributed by atoms with Gasteiger partial charge in [-0.3, -0.25) is 4.79 Å². The Bertz CT molecular complexity index is 733. The summed E-state index contributed by atoms with van der Waals surface area (Å²) in [6, 6.07) is 3.32. The molecule has 27 heavy (non-hydrogen) atoms. The molecule has 148 valence electrons. The van der Waals surface area contributed by atoms with Crippen LogP contribution in [0.3, 0.4) is 0 Å². The van der Waals surface area contributed by atoms with Crippen LogP contribution in [-0.4, -0.2) is 55.6 Å². The van der Waals surface area contributed by atoms with Crippen LogP contribution >= 0.6 is 11.6 Å². The molecule has 0 saturated carbocycles. The normalized spacial score (nSPS) is 23.1. The van der Waals surface area contributed by atoms with Crippen LogP contribution in [0.4, 0.5) is 5.69 Å². The number of ketones is 1. The molecular formula is C19H25ClN2O5. The van der Waals surface area contributed by atoms with Gasteiger partial charge in [0, 0.05) is 18.9 Å². The summed E-state index contributed by atoms with van der Waals surface area (Å²) in [6.07, 6.45) is 1.99. The van der Waals surface area contributed by atoms with Crippen LogP contribution < -0.4 is 15.2 Å². The monoisotopic (exact) mass is 396 g/mol. The second-order valence-electron chi connectivity index (χ2n) is 7.13. The summed E-state index contributed by atoms with van der Waals surface area (Å²) >= 11 is 6.11. The lowest BCUT2D eigenvalue weighted by atomic mass is 9.80. The third kappa shape index (κ3) is 3.84. The number of Topliss-reactive ketones (excluding diaryl/α,β-unsaturated/α-hetero) is 1. The van der Waals surface area contributed by atoms with Gasteiger partial charge in [0.1, 0.15) is 12.4 Å². The number of nitrogens with zero attached hydrogens (tertiary/aromatic N) is 1. The average Bonchev–Trinajstić information content (AvgIpc) is 2.68. The van der Waals surface area contributed by atoms with E-state index in [4.69, 9.17) is 31.5 Å². The van der Waals surface area contributed by atoms with Gasteiger partial charge >= 0.3 is 5.97 Å². The molecule has 1 atom stereocenters. The Morgan fingerprint density at radius 1 is 1.37 bits per heavy atom. The first-order valence-corrected chi connectivity index (χ1v) is 9.45. The van der Waals surface area contributed by atoms with E-state index in [0.29, 0.717) is 17.2 Å². The summed E-state index contributed by atoms with van der Waals surface area (Å²) in [7, 11) is 1.34. The predicted octanol–water partition coefficient (Wildman–Crippen LogP) is 2.30. The van der Waals surface area contributed by atoms with Gasteiger partial charge in [-0.2, -0.15) is 0 Å². The van der Waals surface area contributed by atoms with Crippen molar-refractivity contribution in [3.05, 3.63) is 17.2 Å². The number of esters is 1. The number of halogens is 1. The van der Waals surface area contributed by atoms with Crippen molar-refractivity contribution in [1.29, 1.82) is 0 Å². The first kappa shape index (κ1) is 19.8. The number of hydrogen-bond acceptors (Lipinski definition) is 7. The number of methoxy groups -OCH3 is 1. The molecule has 1 fully saturated rings. The summed E-state index contributed by atoms with van der Waals surface area (Å²) < 4.78 is 17.1. The van der Waals surface area contributed by atoms with E-state index >= 15 is 0 Å². The first-order chi connectivity index (χ1) is 12.9. The van der Waals surface area contributed by atoms with Crippen LogP contribution in [0, 0.1) is 5.92 Å². The van der Waals surface area contributed by atoms with Gasteiger partial charge in [0.2, 0.25) is 5.60 Å². The minimum atomic E-state index is -1.26. The number of nitrogen functional groups attached to an aromatic ring is 1. The summed E-state index contributed by atoms with van der Waals surface area (Å²) in [5.41, 5.74) is 5.05. The number of ether oxygens (including phenoxy) is 3. The highest BCUT2D eigenvalue weighted by molar-refractivity contribution is 6.33. The molecule has 0 aliphatic carbocycles. The second kappa shape index (κ2) is 7.94. The van der Waals surface area contributed by atoms with Crippen molar-refractivity contribution in [1.82, 2.24) is 4.90 Å². The molecule has 1 aromatic carbocycles. The van der Waals surface area contributed by atoms with Crippen LogP contribution in [-0.2, 0) is 14.3 Å². The summed E-state index contributed by atoms with van der Waals surface area (Å²) in [5.74, 6) is 0.365. The summed E-state index contributed by atoms with van der Waals surface area (Å²) in [4.78, 5) is 26.2. The maximum absolute atomic E-state index is 12.7. The molecule has 7 nitrogen and oxygen atoms in total. The molecule has 1 aromatic rings. The number of nitrogens with two attached hydrogens (primary N) is 1. The molecule has 0 radical (unpaired) electrons. The van der Waals surface area contributed by atoms with Crippen LogP contribution in [0.5, 0.6) is 11.5 Å². The molecule has 0 bridgehead atoms. The molecular weight excluding hydrogens is 372 g/mol. The van der Waals surface area contributed by atoms with Gasteiger partial charge in [-0.15, -0.1) is 0 Å². The minimum absolute atomic E-state index is 0.0614. The molecule has 1 saturated heterocycles. The van der Waals surface area contributed by atoms with E-state index in [2.05, 4.69) is 4.90 Å². The van der Waals surface area contributed by atoms with Crippen molar-refractivity contribution in [3.8, 4) is 11.5 Å². The highest BCUT2D eigenvalue weighted by Crippen LogP contribution is 2.46. The molecule has 0 amide bonds. The van der Waals surface area contributed by atoms with Gasteiger partial charge in [-0.1, -0.05) is 11.6 Å². The van der Waals surface area contributed by atoms with Crippen molar-refractivity contribution in [2.24, 2.45) is 5.92 Å². The number of carbonyl (C=O) groups is 2. The zero-order valence-corrected chi connectivity index (χ0v) is 16.4. The lowest BCUT2D eigenvalue weighted by Gasteiger charge is -2.44. The van der Waals surface area contributed by atoms with Crippen molar-refractivity contribution >= 4 is 29.0 Å². The summed E-state index contributed by atoms with van der Waals surface area (Å²) in [5, 5.41) is 0.345. The van der Waals surface area contributed by atoms with E-state index < -0.39 is 11.6 Å². The zero-order chi connectivity index (χ0) is 19.6. The van der Waals surface area contributed by atoms with Gasteiger partial charge in [-0.25, -0.2) is 4.79 Å². The lowest BCUT2D eigenvalue weighted by Crippen LogP contribution is -2.60. The molecule has 2 N–H and O–H groups in total. The quantitative estimate of drug-likeness (QED) is 0.603. The number of rotatable bonds is 5. The molecule has 8 heteroatoms. The Labute approximate surface area is 163 Å². The molecule has 2 aliphatic heterocycles. The van der Waals surface area contributed by atoms with Gasteiger partial charge < -0.3 is 24.8 Å². The number of carbonyl (C=O) groups excluding carboxylic acids is 2. The molecule has 3 rings (SSSR count). The van der Waals surface area contributed by atoms with Crippen molar-refractivity contribution in [3.63, 3.8) is 0 Å². The SMILES string of the molecule is COC(=O)C1(C2CCN(CCC(C)=O)CC2)COc2ccc(Cl)c(N)c2O1. The first-order valence-electron chi connectivity index (χ1n) is 9.07. The topological polar surface area (TPSA) is 91.1 Å². The van der Waals surface area contributed by atoms with Crippen molar-refractivity contribution < 1.29 is 23.8 Å². The second-order valence-corrected chi connectivity index (χ2v) is 7.54. The maximum Gasteiger partial charge on any atom is 0.354 e. The van der Waals surface area contributed by atoms with Crippen LogP contribution in [0.2, 0.25) is 5.02 Å². The Kier molecular flexibility index (Phi) is 5.81. The van der Waals surface area contributed by atoms with Gasteiger partial charge in [0.15, 0.2) is 11.5 Å². The van der Waals surface area contributed by atoms with Crippen molar-refractivity contribution in [2.75, 3.05) is 39.1 Å². The highest BCUT2D eigenvalue weighted by atomic mass is 35.5. The third-order valence-corrected chi connectivity index (χ3v) is 5.72. The third-order valence-electron chi connectivity index (χ3n) is 5.39. The molecule has 1 unspecified atom stereocenters. The maximum atomic E-state index is 12.7. The average molecular weight is 397 g/mol. The largest absolute Gasteiger partial charge is 0.485 e. The number of anilines is 1. The van der Waals surface area contributed by atoms with Crippen molar-refractivity contribution in [2.45, 2.75) is 31.8 Å². The van der Waals surface area contributed by atoms with Gasteiger partial charge in [0.05, 0.1) is 17.8 Å². The summed E-state index contributed by atoms with van der Waals surface area (Å²) in [6.45, 7) is 3.94. The van der Waals surface area contributed by atoms with E-state index in [1.54, 1.807) is 19.1 Å². The Morgan fingerprint density at radius 2 is 2.07 bits per heavy atom. The number of fused-ring (bicyclic) bond motifs is 1. The van der Waals surface area contributed by atoms with Crippen LogP contribution in [0.25, 0.3) is 0 Å². The van der Waals surface area contributed by atoms with Gasteiger partial charge in [0.25, 0.3) is 0 Å². The van der Waals surface area contributed by atoms with E-state index in [-0.39, 0.29) is 29.7 Å². The Morgan fingerprint density at radius 3 is 2.70 bits per heavy atom. The predicted molar refractivity (Wildman–Crippen MR) is 101 cm³/mol. The molecule has 2 heterocycles. The fourth-order valence-corrected chi connectivity index (χ4v) is 3.90. The fraction of sp³-hybridized carbons (Fsp3) is 0.579. The minimum Gasteiger partial charge on any atom is -0.485 e. The highest BCUT2D eigenvalue weighted by Gasteiger charge is 2.53. The Hall–Kier alpha value is -1.99. The van der Waals surface area contributed by atoms with Gasteiger partial charge in [-0.05, 0) is 45.0 Å². The number of hydrogen-bond donors (Lipinski definition) is 1. The van der Waals surface area contributed by atoms with E-state index in [0.717, 1.165) is 32.5 Å².